The Morgan fingerprint density at radius 1 is 1.00 bits per heavy atom. The van der Waals surface area contributed by atoms with Gasteiger partial charge in [-0.2, -0.15) is 0 Å². The Balaban J connectivity index is 1.49. The summed E-state index contributed by atoms with van der Waals surface area (Å²) >= 11 is 0. The van der Waals surface area contributed by atoms with Gasteiger partial charge in [0.1, 0.15) is 5.82 Å². The van der Waals surface area contributed by atoms with Gasteiger partial charge in [0.15, 0.2) is 0 Å². The lowest BCUT2D eigenvalue weighted by atomic mass is 10.1. The van der Waals surface area contributed by atoms with E-state index < -0.39 is 6.04 Å². The van der Waals surface area contributed by atoms with Gasteiger partial charge in [-0.1, -0.05) is 42.5 Å². The molecule has 0 aliphatic carbocycles. The molecule has 2 N–H and O–H groups in total. The Morgan fingerprint density at radius 2 is 1.68 bits per heavy atom. The Bertz CT molecular complexity index is 699. The quantitative estimate of drug-likeness (QED) is 0.905. The van der Waals surface area contributed by atoms with E-state index in [1.54, 1.807) is 12.1 Å². The standard InChI is InChI=1S/C20H24FN3O/c21-18-8-4-7-17(13-18)15-23-9-11-24(12-10-23)20(25)19(22)14-16-5-2-1-3-6-16/h1-8,13,19H,9-12,14-15,22H2/t19-/m0/s1. The van der Waals surface area contributed by atoms with Crippen molar-refractivity contribution < 1.29 is 9.18 Å². The van der Waals surface area contributed by atoms with Gasteiger partial charge in [0.05, 0.1) is 6.04 Å². The third-order valence-corrected chi connectivity index (χ3v) is 4.59. The second-order valence-corrected chi connectivity index (χ2v) is 6.53. The molecule has 1 aliphatic heterocycles. The number of halogens is 1. The average Bonchev–Trinajstić information content (AvgIpc) is 2.62. The van der Waals surface area contributed by atoms with Crippen LogP contribution in [0.25, 0.3) is 0 Å². The van der Waals surface area contributed by atoms with Crippen molar-refractivity contribution in [2.24, 2.45) is 5.73 Å². The number of piperazine rings is 1. The maximum absolute atomic E-state index is 13.3. The highest BCUT2D eigenvalue weighted by Crippen LogP contribution is 2.11. The van der Waals surface area contributed by atoms with Crippen LogP contribution >= 0.6 is 0 Å². The lowest BCUT2D eigenvalue weighted by molar-refractivity contribution is -0.134. The van der Waals surface area contributed by atoms with Crippen LogP contribution in [0.1, 0.15) is 11.1 Å². The number of carbonyl (C=O) groups is 1. The van der Waals surface area contributed by atoms with Gasteiger partial charge in [-0.05, 0) is 29.7 Å². The van der Waals surface area contributed by atoms with Crippen LogP contribution in [0.2, 0.25) is 0 Å². The minimum absolute atomic E-state index is 0.00857. The molecule has 2 aromatic rings. The summed E-state index contributed by atoms with van der Waals surface area (Å²) in [5.74, 6) is -0.201. The summed E-state index contributed by atoms with van der Waals surface area (Å²) in [4.78, 5) is 16.6. The second-order valence-electron chi connectivity index (χ2n) is 6.53. The number of carbonyl (C=O) groups excluding carboxylic acids is 1. The van der Waals surface area contributed by atoms with E-state index in [0.29, 0.717) is 26.1 Å². The molecule has 1 heterocycles. The van der Waals surface area contributed by atoms with Crippen molar-refractivity contribution in [3.05, 3.63) is 71.5 Å². The van der Waals surface area contributed by atoms with Crippen molar-refractivity contribution in [2.75, 3.05) is 26.2 Å². The summed E-state index contributed by atoms with van der Waals surface area (Å²) in [5.41, 5.74) is 8.14. The molecule has 132 valence electrons. The fraction of sp³-hybridized carbons (Fsp3) is 0.350. The van der Waals surface area contributed by atoms with E-state index in [1.165, 1.54) is 6.07 Å². The van der Waals surface area contributed by atoms with Crippen LogP contribution in [-0.2, 0) is 17.8 Å². The molecule has 0 unspecified atom stereocenters. The summed E-state index contributed by atoms with van der Waals surface area (Å²) in [5, 5.41) is 0. The first-order valence-corrected chi connectivity index (χ1v) is 8.67. The maximum Gasteiger partial charge on any atom is 0.239 e. The van der Waals surface area contributed by atoms with E-state index in [9.17, 15) is 9.18 Å². The van der Waals surface area contributed by atoms with Gasteiger partial charge >= 0.3 is 0 Å². The number of hydrogen-bond donors (Lipinski definition) is 1. The molecular formula is C20H24FN3O. The molecule has 3 rings (SSSR count). The van der Waals surface area contributed by atoms with E-state index in [1.807, 2.05) is 41.3 Å². The van der Waals surface area contributed by atoms with E-state index in [-0.39, 0.29) is 11.7 Å². The molecule has 0 spiro atoms. The monoisotopic (exact) mass is 341 g/mol. The first kappa shape index (κ1) is 17.6. The third kappa shape index (κ3) is 4.87. The largest absolute Gasteiger partial charge is 0.339 e. The SMILES string of the molecule is N[C@@H](Cc1ccccc1)C(=O)N1CCN(Cc2cccc(F)c2)CC1. The summed E-state index contributed by atoms with van der Waals surface area (Å²) in [6.07, 6.45) is 0.559. The van der Waals surface area contributed by atoms with Crippen LogP contribution in [0, 0.1) is 5.82 Å². The number of nitrogens with two attached hydrogens (primary N) is 1. The predicted octanol–water partition coefficient (Wildman–Crippen LogP) is 2.04. The van der Waals surface area contributed by atoms with E-state index >= 15 is 0 Å². The second kappa shape index (κ2) is 8.23. The van der Waals surface area contributed by atoms with E-state index in [0.717, 1.165) is 24.2 Å². The van der Waals surface area contributed by atoms with E-state index in [4.69, 9.17) is 5.73 Å². The number of rotatable bonds is 5. The van der Waals surface area contributed by atoms with Crippen molar-refractivity contribution in [1.82, 2.24) is 9.80 Å². The zero-order valence-electron chi connectivity index (χ0n) is 14.3. The number of hydrogen-bond acceptors (Lipinski definition) is 3. The van der Waals surface area contributed by atoms with Gasteiger partial charge in [0.25, 0.3) is 0 Å². The van der Waals surface area contributed by atoms with Crippen molar-refractivity contribution in [3.8, 4) is 0 Å². The number of benzene rings is 2. The number of nitrogens with zero attached hydrogens (tertiary/aromatic N) is 2. The van der Waals surface area contributed by atoms with Crippen molar-refractivity contribution in [2.45, 2.75) is 19.0 Å². The van der Waals surface area contributed by atoms with Crippen LogP contribution in [0.15, 0.2) is 54.6 Å². The van der Waals surface area contributed by atoms with Gasteiger partial charge in [-0.25, -0.2) is 4.39 Å². The fourth-order valence-corrected chi connectivity index (χ4v) is 3.21. The first-order valence-electron chi connectivity index (χ1n) is 8.67. The van der Waals surface area contributed by atoms with Crippen LogP contribution in [-0.4, -0.2) is 47.9 Å². The third-order valence-electron chi connectivity index (χ3n) is 4.59. The smallest absolute Gasteiger partial charge is 0.239 e. The van der Waals surface area contributed by atoms with Gasteiger partial charge in [-0.3, -0.25) is 9.69 Å². The van der Waals surface area contributed by atoms with Crippen LogP contribution < -0.4 is 5.73 Å². The molecule has 1 aliphatic rings. The molecule has 1 amide bonds. The minimum atomic E-state index is -0.503. The molecule has 4 nitrogen and oxygen atoms in total. The van der Waals surface area contributed by atoms with Crippen molar-refractivity contribution in [1.29, 1.82) is 0 Å². The molecule has 5 heteroatoms. The molecule has 0 bridgehead atoms. The Morgan fingerprint density at radius 3 is 2.36 bits per heavy atom. The average molecular weight is 341 g/mol. The lowest BCUT2D eigenvalue weighted by Crippen LogP contribution is -2.53. The fourth-order valence-electron chi connectivity index (χ4n) is 3.21. The highest BCUT2D eigenvalue weighted by Gasteiger charge is 2.25. The Labute approximate surface area is 148 Å². The Hall–Kier alpha value is -2.24. The van der Waals surface area contributed by atoms with Gasteiger partial charge in [0.2, 0.25) is 5.91 Å². The summed E-state index contributed by atoms with van der Waals surface area (Å²) in [6, 6.07) is 16.0. The molecule has 0 saturated carbocycles. The molecule has 0 aromatic heterocycles. The zero-order valence-corrected chi connectivity index (χ0v) is 14.3. The molecule has 1 fully saturated rings. The normalized spacial score (nSPS) is 16.6. The van der Waals surface area contributed by atoms with Crippen LogP contribution in [0.3, 0.4) is 0 Å². The van der Waals surface area contributed by atoms with E-state index in [2.05, 4.69) is 4.90 Å². The summed E-state index contributed by atoms with van der Waals surface area (Å²) in [7, 11) is 0. The first-order chi connectivity index (χ1) is 12.1. The summed E-state index contributed by atoms with van der Waals surface area (Å²) in [6.45, 7) is 3.59. The minimum Gasteiger partial charge on any atom is -0.339 e. The number of amides is 1. The summed E-state index contributed by atoms with van der Waals surface area (Å²) < 4.78 is 13.3. The zero-order chi connectivity index (χ0) is 17.6. The molecule has 0 radical (unpaired) electrons. The van der Waals surface area contributed by atoms with Crippen molar-refractivity contribution >= 4 is 5.91 Å². The molecule has 1 atom stereocenters. The lowest BCUT2D eigenvalue weighted by Gasteiger charge is -2.36. The van der Waals surface area contributed by atoms with Gasteiger partial charge in [-0.15, -0.1) is 0 Å². The molecule has 25 heavy (non-hydrogen) atoms. The highest BCUT2D eigenvalue weighted by molar-refractivity contribution is 5.82. The van der Waals surface area contributed by atoms with Gasteiger partial charge in [0, 0.05) is 32.7 Å². The molecule has 2 aromatic carbocycles. The molecular weight excluding hydrogens is 317 g/mol. The van der Waals surface area contributed by atoms with Crippen LogP contribution in [0.5, 0.6) is 0 Å². The maximum atomic E-state index is 13.3. The molecule has 1 saturated heterocycles. The topological polar surface area (TPSA) is 49.6 Å². The highest BCUT2D eigenvalue weighted by atomic mass is 19.1. The Kier molecular flexibility index (Phi) is 5.79. The van der Waals surface area contributed by atoms with Crippen molar-refractivity contribution in [3.63, 3.8) is 0 Å². The predicted molar refractivity (Wildman–Crippen MR) is 96.4 cm³/mol. The van der Waals surface area contributed by atoms with Gasteiger partial charge < -0.3 is 10.6 Å². The van der Waals surface area contributed by atoms with Crippen LogP contribution in [0.4, 0.5) is 4.39 Å².